The Balaban J connectivity index is 1.75. The number of fused-ring (bicyclic) bond motifs is 1. The maximum atomic E-state index is 4.58. The van der Waals surface area contributed by atoms with Crippen LogP contribution in [0.3, 0.4) is 0 Å². The minimum atomic E-state index is 0.771. The van der Waals surface area contributed by atoms with Crippen molar-refractivity contribution >= 4 is 33.1 Å². The van der Waals surface area contributed by atoms with Crippen LogP contribution >= 0.6 is 11.3 Å². The van der Waals surface area contributed by atoms with Crippen molar-refractivity contribution < 1.29 is 0 Å². The highest BCUT2D eigenvalue weighted by atomic mass is 32.1. The van der Waals surface area contributed by atoms with Crippen molar-refractivity contribution in [3.05, 3.63) is 42.2 Å². The van der Waals surface area contributed by atoms with E-state index in [1.807, 2.05) is 13.0 Å². The van der Waals surface area contributed by atoms with Crippen molar-refractivity contribution in [2.75, 3.05) is 5.43 Å². The first-order valence-corrected chi connectivity index (χ1v) is 8.76. The van der Waals surface area contributed by atoms with Crippen LogP contribution in [0.25, 0.3) is 20.7 Å². The highest BCUT2D eigenvalue weighted by Crippen LogP contribution is 2.35. The summed E-state index contributed by atoms with van der Waals surface area (Å²) in [5.74, 6) is 1.58. The molecule has 1 aliphatic carbocycles. The maximum Gasteiger partial charge on any atom is 0.158 e. The van der Waals surface area contributed by atoms with Crippen molar-refractivity contribution in [1.29, 1.82) is 0 Å². The van der Waals surface area contributed by atoms with Gasteiger partial charge < -0.3 is 0 Å². The van der Waals surface area contributed by atoms with Crippen molar-refractivity contribution in [2.24, 2.45) is 5.10 Å². The molecular formula is C18H18N4S. The molecule has 0 radical (unpaired) electrons. The molecule has 0 spiro atoms. The molecule has 0 aliphatic heterocycles. The number of rotatable bonds is 3. The molecule has 0 amide bonds. The van der Waals surface area contributed by atoms with Gasteiger partial charge in [-0.1, -0.05) is 30.3 Å². The first-order chi connectivity index (χ1) is 11.3. The Bertz CT molecular complexity index is 859. The topological polar surface area (TPSA) is 50.2 Å². The molecule has 1 N–H and O–H groups in total. The fraction of sp³-hybridized carbons (Fsp3) is 0.278. The molecular weight excluding hydrogens is 304 g/mol. The van der Waals surface area contributed by atoms with Gasteiger partial charge in [0.2, 0.25) is 0 Å². The quantitative estimate of drug-likeness (QED) is 0.690. The third kappa shape index (κ3) is 2.97. The van der Waals surface area contributed by atoms with Crippen molar-refractivity contribution in [2.45, 2.75) is 32.6 Å². The maximum absolute atomic E-state index is 4.58. The Kier molecular flexibility index (Phi) is 3.79. The third-order valence-corrected chi connectivity index (χ3v) is 5.14. The Morgan fingerprint density at radius 1 is 1.09 bits per heavy atom. The second kappa shape index (κ2) is 6.08. The molecule has 2 aromatic heterocycles. The average molecular weight is 322 g/mol. The number of anilines is 1. The Morgan fingerprint density at radius 2 is 1.87 bits per heavy atom. The zero-order valence-corrected chi connectivity index (χ0v) is 13.9. The van der Waals surface area contributed by atoms with Crippen LogP contribution in [0.2, 0.25) is 0 Å². The molecule has 3 aromatic rings. The van der Waals surface area contributed by atoms with E-state index in [1.54, 1.807) is 11.3 Å². The largest absolute Gasteiger partial charge is 0.261 e. The minimum absolute atomic E-state index is 0.771. The summed E-state index contributed by atoms with van der Waals surface area (Å²) < 4.78 is 0. The molecule has 0 saturated heterocycles. The van der Waals surface area contributed by atoms with E-state index in [9.17, 15) is 0 Å². The highest BCUT2D eigenvalue weighted by molar-refractivity contribution is 7.21. The summed E-state index contributed by atoms with van der Waals surface area (Å²) in [5.41, 5.74) is 5.63. The summed E-state index contributed by atoms with van der Waals surface area (Å²) in [6.45, 7) is 1.93. The van der Waals surface area contributed by atoms with Crippen LogP contribution in [0.5, 0.6) is 0 Å². The fourth-order valence-corrected chi connectivity index (χ4v) is 3.97. The van der Waals surface area contributed by atoms with Crippen LogP contribution in [-0.4, -0.2) is 15.7 Å². The molecule has 2 heterocycles. The van der Waals surface area contributed by atoms with E-state index in [0.717, 1.165) is 34.7 Å². The Hall–Kier alpha value is -2.27. The number of hydrogen-bond donors (Lipinski definition) is 1. The molecule has 1 fully saturated rings. The number of nitrogens with one attached hydrogen (secondary N) is 1. The van der Waals surface area contributed by atoms with Crippen LogP contribution in [0.4, 0.5) is 5.82 Å². The molecule has 1 aromatic carbocycles. The first-order valence-electron chi connectivity index (χ1n) is 7.95. The van der Waals surface area contributed by atoms with Gasteiger partial charge in [-0.3, -0.25) is 5.43 Å². The number of hydrogen-bond acceptors (Lipinski definition) is 5. The standard InChI is InChI=1S/C18H18N4S/c1-12-19-17(22-21-14-9-5-6-10-14)15-11-16(23-18(15)20-12)13-7-3-2-4-8-13/h2-4,7-8,11H,5-6,9-10H2,1H3,(H,19,20,22). The van der Waals surface area contributed by atoms with E-state index in [1.165, 1.54) is 29.0 Å². The van der Waals surface area contributed by atoms with Crippen LogP contribution in [0.1, 0.15) is 31.5 Å². The summed E-state index contributed by atoms with van der Waals surface area (Å²) in [6, 6.07) is 12.6. The van der Waals surface area contributed by atoms with Crippen LogP contribution in [0, 0.1) is 6.92 Å². The summed E-state index contributed by atoms with van der Waals surface area (Å²) >= 11 is 1.70. The molecule has 5 heteroatoms. The van der Waals surface area contributed by atoms with Crippen molar-refractivity contribution in [3.63, 3.8) is 0 Å². The van der Waals surface area contributed by atoms with Crippen LogP contribution < -0.4 is 5.43 Å². The summed E-state index contributed by atoms with van der Waals surface area (Å²) in [4.78, 5) is 11.3. The first kappa shape index (κ1) is 14.3. The van der Waals surface area contributed by atoms with Crippen LogP contribution in [-0.2, 0) is 0 Å². The molecule has 0 atom stereocenters. The van der Waals surface area contributed by atoms with E-state index < -0.39 is 0 Å². The number of hydrazone groups is 1. The number of aryl methyl sites for hydroxylation is 1. The number of aromatic nitrogens is 2. The van der Waals surface area contributed by atoms with Gasteiger partial charge in [-0.2, -0.15) is 5.10 Å². The lowest BCUT2D eigenvalue weighted by atomic mass is 10.2. The predicted molar refractivity (Wildman–Crippen MR) is 97.1 cm³/mol. The van der Waals surface area contributed by atoms with Gasteiger partial charge in [0, 0.05) is 10.6 Å². The van der Waals surface area contributed by atoms with E-state index in [2.05, 4.69) is 50.8 Å². The van der Waals surface area contributed by atoms with E-state index >= 15 is 0 Å². The number of nitrogens with zero attached hydrogens (tertiary/aromatic N) is 3. The average Bonchev–Trinajstić information content (AvgIpc) is 3.22. The van der Waals surface area contributed by atoms with Gasteiger partial charge in [-0.25, -0.2) is 9.97 Å². The molecule has 1 aliphatic rings. The molecule has 0 unspecified atom stereocenters. The van der Waals surface area contributed by atoms with Gasteiger partial charge in [0.05, 0.1) is 5.39 Å². The summed E-state index contributed by atoms with van der Waals surface area (Å²) in [7, 11) is 0. The number of thiophene rings is 1. The van der Waals surface area contributed by atoms with E-state index in [-0.39, 0.29) is 0 Å². The Morgan fingerprint density at radius 3 is 2.65 bits per heavy atom. The van der Waals surface area contributed by atoms with E-state index in [4.69, 9.17) is 0 Å². The Labute approximate surface area is 139 Å². The third-order valence-electron chi connectivity index (χ3n) is 4.06. The molecule has 116 valence electrons. The van der Waals surface area contributed by atoms with Crippen LogP contribution in [0.15, 0.2) is 41.5 Å². The van der Waals surface area contributed by atoms with Gasteiger partial charge >= 0.3 is 0 Å². The number of benzene rings is 1. The zero-order valence-electron chi connectivity index (χ0n) is 13.0. The van der Waals surface area contributed by atoms with Crippen molar-refractivity contribution in [3.8, 4) is 10.4 Å². The van der Waals surface area contributed by atoms with Crippen molar-refractivity contribution in [1.82, 2.24) is 9.97 Å². The molecule has 4 rings (SSSR count). The van der Waals surface area contributed by atoms with Gasteiger partial charge in [0.25, 0.3) is 0 Å². The van der Waals surface area contributed by atoms with Gasteiger partial charge in [-0.15, -0.1) is 11.3 Å². The minimum Gasteiger partial charge on any atom is -0.261 e. The SMILES string of the molecule is Cc1nc(NN=C2CCCC2)c2cc(-c3ccccc3)sc2n1. The van der Waals surface area contributed by atoms with E-state index in [0.29, 0.717) is 0 Å². The molecule has 23 heavy (non-hydrogen) atoms. The second-order valence-electron chi connectivity index (χ2n) is 5.81. The second-order valence-corrected chi connectivity index (χ2v) is 6.84. The fourth-order valence-electron chi connectivity index (χ4n) is 2.88. The highest BCUT2D eigenvalue weighted by Gasteiger charge is 2.12. The lowest BCUT2D eigenvalue weighted by molar-refractivity contribution is 0.886. The molecule has 0 bridgehead atoms. The molecule has 4 nitrogen and oxygen atoms in total. The summed E-state index contributed by atoms with van der Waals surface area (Å²) in [6.07, 6.45) is 4.68. The normalized spacial score (nSPS) is 14.4. The summed E-state index contributed by atoms with van der Waals surface area (Å²) in [5, 5.41) is 5.59. The molecule has 1 saturated carbocycles. The lowest BCUT2D eigenvalue weighted by Crippen LogP contribution is -2.00. The van der Waals surface area contributed by atoms with Gasteiger partial charge in [-0.05, 0) is 44.2 Å². The smallest absolute Gasteiger partial charge is 0.158 e. The van der Waals surface area contributed by atoms with Gasteiger partial charge in [0.1, 0.15) is 10.7 Å². The van der Waals surface area contributed by atoms with Gasteiger partial charge in [0.15, 0.2) is 5.82 Å². The zero-order chi connectivity index (χ0) is 15.6. The predicted octanol–water partition coefficient (Wildman–Crippen LogP) is 5.01. The monoisotopic (exact) mass is 322 g/mol. The lowest BCUT2D eigenvalue weighted by Gasteiger charge is -2.03.